The number of halogens is 2. The van der Waals surface area contributed by atoms with Gasteiger partial charge in [0.15, 0.2) is 11.6 Å². The molecule has 0 saturated carbocycles. The SMILES string of the molecule is CN(C)c1cc(C2CC(CN)CN2C)cc(F)c1F. The van der Waals surface area contributed by atoms with Crippen molar-refractivity contribution in [2.24, 2.45) is 11.7 Å². The second kappa shape index (κ2) is 5.43. The molecule has 2 rings (SSSR count). The molecule has 1 saturated heterocycles. The molecule has 2 N–H and O–H groups in total. The highest BCUT2D eigenvalue weighted by atomic mass is 19.2. The van der Waals surface area contributed by atoms with Crippen molar-refractivity contribution < 1.29 is 8.78 Å². The molecule has 1 heterocycles. The molecule has 0 amide bonds. The van der Waals surface area contributed by atoms with Gasteiger partial charge in [-0.2, -0.15) is 0 Å². The zero-order chi connectivity index (χ0) is 14.2. The highest BCUT2D eigenvalue weighted by Crippen LogP contribution is 2.36. The summed E-state index contributed by atoms with van der Waals surface area (Å²) in [6.07, 6.45) is 0.894. The first-order chi connectivity index (χ1) is 8.93. The minimum atomic E-state index is -0.787. The van der Waals surface area contributed by atoms with Crippen LogP contribution in [0.3, 0.4) is 0 Å². The molecule has 1 aromatic carbocycles. The zero-order valence-electron chi connectivity index (χ0n) is 11.7. The Kier molecular flexibility index (Phi) is 4.06. The lowest BCUT2D eigenvalue weighted by atomic mass is 9.99. The summed E-state index contributed by atoms with van der Waals surface area (Å²) in [6, 6.07) is 3.16. The minimum Gasteiger partial charge on any atom is -0.375 e. The van der Waals surface area contributed by atoms with Crippen molar-refractivity contribution >= 4 is 5.69 Å². The number of nitrogens with two attached hydrogens (primary N) is 1. The van der Waals surface area contributed by atoms with Crippen molar-refractivity contribution in [3.8, 4) is 0 Å². The van der Waals surface area contributed by atoms with Gasteiger partial charge in [0.2, 0.25) is 0 Å². The maximum absolute atomic E-state index is 13.7. The first-order valence-corrected chi connectivity index (χ1v) is 6.50. The Morgan fingerprint density at radius 3 is 2.58 bits per heavy atom. The van der Waals surface area contributed by atoms with E-state index in [9.17, 15) is 8.78 Å². The Bertz CT molecular complexity index is 462. The van der Waals surface area contributed by atoms with Crippen molar-refractivity contribution in [1.29, 1.82) is 0 Å². The molecule has 0 radical (unpaired) electrons. The molecule has 0 aliphatic carbocycles. The van der Waals surface area contributed by atoms with E-state index in [1.807, 2.05) is 7.05 Å². The fourth-order valence-electron chi connectivity index (χ4n) is 2.78. The lowest BCUT2D eigenvalue weighted by molar-refractivity contribution is 0.312. The van der Waals surface area contributed by atoms with Crippen LogP contribution < -0.4 is 10.6 Å². The Morgan fingerprint density at radius 1 is 1.37 bits per heavy atom. The van der Waals surface area contributed by atoms with Crippen LogP contribution in [-0.4, -0.2) is 39.1 Å². The van der Waals surface area contributed by atoms with Gasteiger partial charge in [0.05, 0.1) is 5.69 Å². The van der Waals surface area contributed by atoms with Gasteiger partial charge in [0.25, 0.3) is 0 Å². The molecule has 19 heavy (non-hydrogen) atoms. The van der Waals surface area contributed by atoms with Crippen LogP contribution in [0.5, 0.6) is 0 Å². The van der Waals surface area contributed by atoms with Gasteiger partial charge in [-0.25, -0.2) is 8.78 Å². The summed E-state index contributed by atoms with van der Waals surface area (Å²) in [4.78, 5) is 3.75. The fraction of sp³-hybridized carbons (Fsp3) is 0.571. The summed E-state index contributed by atoms with van der Waals surface area (Å²) in [5.41, 5.74) is 6.81. The van der Waals surface area contributed by atoms with Crippen molar-refractivity contribution in [3.05, 3.63) is 29.3 Å². The Hall–Kier alpha value is -1.20. The predicted octanol–water partition coefficient (Wildman–Crippen LogP) is 1.98. The Labute approximate surface area is 113 Å². The number of anilines is 1. The van der Waals surface area contributed by atoms with Gasteiger partial charge < -0.3 is 10.6 Å². The van der Waals surface area contributed by atoms with E-state index in [1.165, 1.54) is 6.07 Å². The van der Waals surface area contributed by atoms with Gasteiger partial charge in [-0.3, -0.25) is 4.90 Å². The summed E-state index contributed by atoms with van der Waals surface area (Å²) in [7, 11) is 5.42. The molecular weight excluding hydrogens is 248 g/mol. The third-order valence-electron chi connectivity index (χ3n) is 3.87. The van der Waals surface area contributed by atoms with Gasteiger partial charge in [-0.15, -0.1) is 0 Å². The van der Waals surface area contributed by atoms with Crippen LogP contribution in [0.1, 0.15) is 18.0 Å². The Balaban J connectivity index is 2.35. The van der Waals surface area contributed by atoms with Crippen LogP contribution in [-0.2, 0) is 0 Å². The second-order valence-corrected chi connectivity index (χ2v) is 5.52. The van der Waals surface area contributed by atoms with Gasteiger partial charge in [0, 0.05) is 26.7 Å². The number of hydrogen-bond acceptors (Lipinski definition) is 3. The van der Waals surface area contributed by atoms with E-state index >= 15 is 0 Å². The molecule has 1 aliphatic rings. The topological polar surface area (TPSA) is 32.5 Å². The number of rotatable bonds is 3. The van der Waals surface area contributed by atoms with Gasteiger partial charge >= 0.3 is 0 Å². The smallest absolute Gasteiger partial charge is 0.182 e. The van der Waals surface area contributed by atoms with Crippen molar-refractivity contribution in [3.63, 3.8) is 0 Å². The van der Waals surface area contributed by atoms with Gasteiger partial charge in [-0.05, 0) is 43.6 Å². The maximum atomic E-state index is 13.7. The minimum absolute atomic E-state index is 0.113. The van der Waals surface area contributed by atoms with E-state index in [0.29, 0.717) is 18.2 Å². The van der Waals surface area contributed by atoms with E-state index in [4.69, 9.17) is 5.73 Å². The largest absolute Gasteiger partial charge is 0.375 e. The van der Waals surface area contributed by atoms with E-state index < -0.39 is 11.6 Å². The normalized spacial score (nSPS) is 23.9. The molecular formula is C14H21F2N3. The highest BCUT2D eigenvalue weighted by molar-refractivity contribution is 5.50. The molecule has 0 aromatic heterocycles. The van der Waals surface area contributed by atoms with E-state index in [0.717, 1.165) is 18.5 Å². The fourth-order valence-corrected chi connectivity index (χ4v) is 2.78. The van der Waals surface area contributed by atoms with Gasteiger partial charge in [0.1, 0.15) is 0 Å². The Morgan fingerprint density at radius 2 is 2.05 bits per heavy atom. The lowest BCUT2D eigenvalue weighted by Crippen LogP contribution is -2.21. The standard InChI is InChI=1S/C14H21F2N3/c1-18(2)13-6-10(5-11(15)14(13)16)12-4-9(7-17)8-19(12)3/h5-6,9,12H,4,7-8,17H2,1-3H3. The molecule has 106 valence electrons. The molecule has 2 atom stereocenters. The number of nitrogens with zero attached hydrogens (tertiary/aromatic N) is 2. The molecule has 2 unspecified atom stereocenters. The van der Waals surface area contributed by atoms with E-state index in [-0.39, 0.29) is 6.04 Å². The van der Waals surface area contributed by atoms with Crippen molar-refractivity contribution in [2.75, 3.05) is 39.1 Å². The lowest BCUT2D eigenvalue weighted by Gasteiger charge is -2.22. The van der Waals surface area contributed by atoms with Crippen LogP contribution in [0.25, 0.3) is 0 Å². The number of hydrogen-bond donors (Lipinski definition) is 1. The second-order valence-electron chi connectivity index (χ2n) is 5.52. The predicted molar refractivity (Wildman–Crippen MR) is 73.2 cm³/mol. The molecule has 5 heteroatoms. The van der Waals surface area contributed by atoms with Crippen molar-refractivity contribution in [1.82, 2.24) is 4.90 Å². The molecule has 3 nitrogen and oxygen atoms in total. The van der Waals surface area contributed by atoms with Crippen LogP contribution in [0.2, 0.25) is 0 Å². The van der Waals surface area contributed by atoms with Crippen LogP contribution in [0, 0.1) is 17.6 Å². The molecule has 0 spiro atoms. The average molecular weight is 269 g/mol. The number of benzene rings is 1. The summed E-state index contributed by atoms with van der Waals surface area (Å²) in [5, 5.41) is 0. The highest BCUT2D eigenvalue weighted by Gasteiger charge is 2.30. The van der Waals surface area contributed by atoms with Crippen LogP contribution in [0.4, 0.5) is 14.5 Å². The zero-order valence-corrected chi connectivity index (χ0v) is 11.7. The van der Waals surface area contributed by atoms with E-state index in [2.05, 4.69) is 4.90 Å². The molecule has 1 fully saturated rings. The van der Waals surface area contributed by atoms with Crippen LogP contribution in [0.15, 0.2) is 12.1 Å². The molecule has 1 aromatic rings. The van der Waals surface area contributed by atoms with Crippen molar-refractivity contribution in [2.45, 2.75) is 12.5 Å². The van der Waals surface area contributed by atoms with E-state index in [1.54, 1.807) is 25.1 Å². The first kappa shape index (κ1) is 14.2. The quantitative estimate of drug-likeness (QED) is 0.910. The molecule has 0 bridgehead atoms. The third kappa shape index (κ3) is 2.72. The monoisotopic (exact) mass is 269 g/mol. The first-order valence-electron chi connectivity index (χ1n) is 6.50. The summed E-state index contributed by atoms with van der Waals surface area (Å²) < 4.78 is 27.4. The summed E-state index contributed by atoms with van der Waals surface area (Å²) >= 11 is 0. The molecule has 1 aliphatic heterocycles. The van der Waals surface area contributed by atoms with Gasteiger partial charge in [-0.1, -0.05) is 0 Å². The summed E-state index contributed by atoms with van der Waals surface area (Å²) in [5.74, 6) is -1.15. The average Bonchev–Trinajstić information content (AvgIpc) is 2.73. The number of likely N-dealkylation sites (tertiary alicyclic amines) is 1. The summed E-state index contributed by atoms with van der Waals surface area (Å²) in [6.45, 7) is 1.53. The third-order valence-corrected chi connectivity index (χ3v) is 3.87. The maximum Gasteiger partial charge on any atom is 0.182 e. The van der Waals surface area contributed by atoms with Crippen LogP contribution >= 0.6 is 0 Å².